The number of ether oxygens (including phenoxy) is 2. The number of hydrogen-bond acceptors (Lipinski definition) is 5. The molecule has 2 aromatic carbocycles. The molecule has 3 atom stereocenters. The fourth-order valence-corrected chi connectivity index (χ4v) is 5.38. The Morgan fingerprint density at radius 2 is 1.88 bits per heavy atom. The number of anilines is 1. The Balaban J connectivity index is 1.47. The van der Waals surface area contributed by atoms with Gasteiger partial charge in [-0.1, -0.05) is 42.5 Å². The standard InChI is InChI=1S/C26H32N2O4/c1-19(29)27-23-11-7-6-10-22(23)25(30)32-18-26-13-12-24(31-2)21(14-26)16-28(17-26)15-20-8-4-3-5-9-20/h3-11,21,24H,12-18H2,1-2H3,(H,27,29)/t21-,24-,26-/m1/s1. The molecule has 0 unspecified atom stereocenters. The van der Waals surface area contributed by atoms with E-state index in [0.717, 1.165) is 38.9 Å². The summed E-state index contributed by atoms with van der Waals surface area (Å²) < 4.78 is 11.7. The fraction of sp³-hybridized carbons (Fsp3) is 0.462. The molecule has 32 heavy (non-hydrogen) atoms. The van der Waals surface area contributed by atoms with Crippen LogP contribution in [0.5, 0.6) is 0 Å². The summed E-state index contributed by atoms with van der Waals surface area (Å²) >= 11 is 0. The number of amides is 1. The van der Waals surface area contributed by atoms with Gasteiger partial charge >= 0.3 is 5.97 Å². The van der Waals surface area contributed by atoms with Crippen LogP contribution in [0.2, 0.25) is 0 Å². The minimum absolute atomic E-state index is 0.0780. The lowest BCUT2D eigenvalue weighted by Gasteiger charge is -2.51. The van der Waals surface area contributed by atoms with Gasteiger partial charge in [-0.2, -0.15) is 0 Å². The molecule has 1 heterocycles. The van der Waals surface area contributed by atoms with Crippen molar-refractivity contribution in [3.63, 3.8) is 0 Å². The average molecular weight is 437 g/mol. The predicted molar refractivity (Wildman–Crippen MR) is 123 cm³/mol. The number of nitrogens with one attached hydrogen (secondary N) is 1. The lowest BCUT2D eigenvalue weighted by Crippen LogP contribution is -2.55. The molecule has 6 nitrogen and oxygen atoms in total. The lowest BCUT2D eigenvalue weighted by molar-refractivity contribution is -0.114. The summed E-state index contributed by atoms with van der Waals surface area (Å²) in [6.07, 6.45) is 3.20. The third kappa shape index (κ3) is 5.19. The number of benzene rings is 2. The van der Waals surface area contributed by atoms with Crippen molar-refractivity contribution in [3.05, 3.63) is 65.7 Å². The van der Waals surface area contributed by atoms with Crippen molar-refractivity contribution in [2.24, 2.45) is 11.3 Å². The molecular formula is C26H32N2O4. The van der Waals surface area contributed by atoms with Gasteiger partial charge in [-0.3, -0.25) is 9.69 Å². The third-order valence-corrected chi connectivity index (χ3v) is 6.75. The van der Waals surface area contributed by atoms with Gasteiger partial charge in [0.1, 0.15) is 0 Å². The number of piperidine rings is 1. The van der Waals surface area contributed by atoms with Crippen LogP contribution in [0.4, 0.5) is 5.69 Å². The Morgan fingerprint density at radius 3 is 2.62 bits per heavy atom. The first-order valence-electron chi connectivity index (χ1n) is 11.3. The summed E-state index contributed by atoms with van der Waals surface area (Å²) in [4.78, 5) is 26.9. The highest BCUT2D eigenvalue weighted by Gasteiger charge is 2.47. The molecule has 2 fully saturated rings. The number of hydrogen-bond donors (Lipinski definition) is 1. The number of fused-ring (bicyclic) bond motifs is 2. The van der Waals surface area contributed by atoms with Crippen LogP contribution in [0, 0.1) is 11.3 Å². The number of likely N-dealkylation sites (tertiary alicyclic amines) is 1. The summed E-state index contributed by atoms with van der Waals surface area (Å²) in [6, 6.07) is 17.5. The molecule has 2 aromatic rings. The van der Waals surface area contributed by atoms with Gasteiger partial charge in [0.15, 0.2) is 0 Å². The molecule has 1 saturated carbocycles. The van der Waals surface area contributed by atoms with Gasteiger partial charge in [0.05, 0.1) is 24.0 Å². The SMILES string of the molecule is CO[C@@H]1CC[C@@]2(COC(=O)c3ccccc3NC(C)=O)C[C@@H]1CN(Cc1ccccc1)C2. The second-order valence-electron chi connectivity index (χ2n) is 9.24. The van der Waals surface area contributed by atoms with Gasteiger partial charge in [-0.15, -0.1) is 0 Å². The van der Waals surface area contributed by atoms with Crippen molar-refractivity contribution in [3.8, 4) is 0 Å². The van der Waals surface area contributed by atoms with Gasteiger partial charge in [0, 0.05) is 39.1 Å². The molecule has 1 amide bonds. The molecule has 0 spiro atoms. The van der Waals surface area contributed by atoms with Crippen molar-refractivity contribution < 1.29 is 19.1 Å². The Bertz CT molecular complexity index is 948. The van der Waals surface area contributed by atoms with Crippen LogP contribution in [-0.4, -0.2) is 49.7 Å². The molecule has 0 aromatic heterocycles. The van der Waals surface area contributed by atoms with E-state index in [-0.39, 0.29) is 17.4 Å². The summed E-state index contributed by atoms with van der Waals surface area (Å²) in [5.41, 5.74) is 2.08. The number of methoxy groups -OCH3 is 1. The van der Waals surface area contributed by atoms with E-state index in [1.54, 1.807) is 31.4 Å². The van der Waals surface area contributed by atoms with Crippen molar-refractivity contribution in [1.82, 2.24) is 4.90 Å². The smallest absolute Gasteiger partial charge is 0.340 e. The van der Waals surface area contributed by atoms with Crippen molar-refractivity contribution >= 4 is 17.6 Å². The average Bonchev–Trinajstić information content (AvgIpc) is 2.78. The van der Waals surface area contributed by atoms with Crippen molar-refractivity contribution in [2.45, 2.75) is 38.8 Å². The van der Waals surface area contributed by atoms with E-state index in [1.807, 2.05) is 6.07 Å². The maximum atomic E-state index is 12.9. The Morgan fingerprint density at radius 1 is 1.12 bits per heavy atom. The Hall–Kier alpha value is -2.70. The van der Waals surface area contributed by atoms with E-state index < -0.39 is 5.97 Å². The number of carbonyl (C=O) groups excluding carboxylic acids is 2. The summed E-state index contributed by atoms with van der Waals surface area (Å²) in [5.74, 6) is -0.181. The molecule has 6 heteroatoms. The molecule has 1 aliphatic heterocycles. The van der Waals surface area contributed by atoms with E-state index in [4.69, 9.17) is 9.47 Å². The van der Waals surface area contributed by atoms with Gasteiger partial charge in [-0.05, 0) is 42.9 Å². The van der Waals surface area contributed by atoms with E-state index in [2.05, 4.69) is 34.5 Å². The van der Waals surface area contributed by atoms with E-state index >= 15 is 0 Å². The minimum Gasteiger partial charge on any atom is -0.461 e. The number of nitrogens with zero attached hydrogens (tertiary/aromatic N) is 1. The van der Waals surface area contributed by atoms with Crippen LogP contribution in [0.15, 0.2) is 54.6 Å². The Labute approximate surface area is 189 Å². The number of esters is 1. The first-order valence-corrected chi connectivity index (χ1v) is 11.3. The number of carbonyl (C=O) groups is 2. The number of rotatable bonds is 7. The van der Waals surface area contributed by atoms with Crippen molar-refractivity contribution in [1.29, 1.82) is 0 Å². The zero-order chi connectivity index (χ0) is 22.6. The van der Waals surface area contributed by atoms with Crippen molar-refractivity contribution in [2.75, 3.05) is 32.1 Å². The van der Waals surface area contributed by atoms with Crippen LogP contribution < -0.4 is 5.32 Å². The normalized spacial score (nSPS) is 25.2. The van der Waals surface area contributed by atoms with Gasteiger partial charge in [-0.25, -0.2) is 4.79 Å². The number of para-hydroxylation sites is 1. The molecular weight excluding hydrogens is 404 g/mol. The molecule has 0 radical (unpaired) electrons. The molecule has 1 saturated heterocycles. The largest absolute Gasteiger partial charge is 0.461 e. The minimum atomic E-state index is -0.394. The second kappa shape index (κ2) is 9.84. The monoisotopic (exact) mass is 436 g/mol. The van der Waals surface area contributed by atoms with E-state index in [9.17, 15) is 9.59 Å². The Kier molecular flexibility index (Phi) is 6.92. The first kappa shape index (κ1) is 22.5. The summed E-state index contributed by atoms with van der Waals surface area (Å²) in [6.45, 7) is 4.58. The van der Waals surface area contributed by atoms with Gasteiger partial charge in [0.2, 0.25) is 5.91 Å². The molecule has 2 bridgehead atoms. The lowest BCUT2D eigenvalue weighted by atomic mass is 9.65. The highest BCUT2D eigenvalue weighted by molar-refractivity contribution is 6.00. The van der Waals surface area contributed by atoms with Gasteiger partial charge < -0.3 is 14.8 Å². The molecule has 2 aliphatic rings. The molecule has 1 aliphatic carbocycles. The summed E-state index contributed by atoms with van der Waals surface area (Å²) in [5, 5.41) is 2.72. The van der Waals surface area contributed by atoms with Crippen LogP contribution in [0.25, 0.3) is 0 Å². The van der Waals surface area contributed by atoms with Crippen LogP contribution >= 0.6 is 0 Å². The van der Waals surface area contributed by atoms with Gasteiger partial charge in [0.25, 0.3) is 0 Å². The zero-order valence-electron chi connectivity index (χ0n) is 18.9. The van der Waals surface area contributed by atoms with E-state index in [0.29, 0.717) is 23.8 Å². The summed E-state index contributed by atoms with van der Waals surface area (Å²) in [7, 11) is 1.80. The van der Waals surface area contributed by atoms with Crippen LogP contribution in [0.3, 0.4) is 0 Å². The van der Waals surface area contributed by atoms with E-state index in [1.165, 1.54) is 12.5 Å². The molecule has 1 N–H and O–H groups in total. The maximum absolute atomic E-state index is 12.9. The molecule has 170 valence electrons. The zero-order valence-corrected chi connectivity index (χ0v) is 18.9. The topological polar surface area (TPSA) is 67.9 Å². The fourth-order valence-electron chi connectivity index (χ4n) is 5.38. The predicted octanol–water partition coefficient (Wildman–Crippen LogP) is 4.12. The first-order chi connectivity index (χ1) is 15.5. The van der Waals surface area contributed by atoms with Crippen LogP contribution in [0.1, 0.15) is 42.1 Å². The quantitative estimate of drug-likeness (QED) is 0.662. The second-order valence-corrected chi connectivity index (χ2v) is 9.24. The highest BCUT2D eigenvalue weighted by atomic mass is 16.5. The van der Waals surface area contributed by atoms with Crippen LogP contribution in [-0.2, 0) is 20.8 Å². The molecule has 4 rings (SSSR count). The third-order valence-electron chi connectivity index (χ3n) is 6.75. The maximum Gasteiger partial charge on any atom is 0.340 e. The highest BCUT2D eigenvalue weighted by Crippen LogP contribution is 2.45.